The lowest BCUT2D eigenvalue weighted by Crippen LogP contribution is -2.32. The fourth-order valence-electron chi connectivity index (χ4n) is 4.26. The molecule has 0 fully saturated rings. The van der Waals surface area contributed by atoms with E-state index in [1.54, 1.807) is 6.08 Å². The van der Waals surface area contributed by atoms with Gasteiger partial charge in [-0.25, -0.2) is 0 Å². The third-order valence-electron chi connectivity index (χ3n) is 6.21. The first kappa shape index (κ1) is 24.0. The molecule has 186 valence electrons. The summed E-state index contributed by atoms with van der Waals surface area (Å²) >= 11 is 0. The number of H-pyrrole nitrogens is 1. The number of hydrogen-bond acceptors (Lipinski definition) is 5. The van der Waals surface area contributed by atoms with Crippen LogP contribution in [0.3, 0.4) is 0 Å². The van der Waals surface area contributed by atoms with Gasteiger partial charge in [-0.2, -0.15) is 5.21 Å². The molecule has 8 heteroatoms. The van der Waals surface area contributed by atoms with E-state index in [4.69, 9.17) is 4.74 Å². The summed E-state index contributed by atoms with van der Waals surface area (Å²) in [5, 5.41) is 18.1. The highest BCUT2D eigenvalue weighted by Gasteiger charge is 2.20. The van der Waals surface area contributed by atoms with Crippen molar-refractivity contribution in [1.29, 1.82) is 0 Å². The van der Waals surface area contributed by atoms with Crippen molar-refractivity contribution in [1.82, 2.24) is 30.5 Å². The van der Waals surface area contributed by atoms with E-state index < -0.39 is 6.04 Å². The molecule has 37 heavy (non-hydrogen) atoms. The first-order valence-corrected chi connectivity index (χ1v) is 12.2. The molecule has 0 aliphatic carbocycles. The Morgan fingerprint density at radius 3 is 2.49 bits per heavy atom. The fourth-order valence-corrected chi connectivity index (χ4v) is 4.26. The smallest absolute Gasteiger partial charge is 0.242 e. The predicted octanol–water partition coefficient (Wildman–Crippen LogP) is 4.82. The molecule has 0 saturated carbocycles. The number of fused-ring (bicyclic) bond motifs is 1. The lowest BCUT2D eigenvalue weighted by atomic mass is 10.1. The maximum atomic E-state index is 13.1. The zero-order valence-electron chi connectivity index (χ0n) is 20.5. The minimum atomic E-state index is -0.421. The van der Waals surface area contributed by atoms with E-state index in [0.717, 1.165) is 34.2 Å². The molecule has 1 amide bonds. The van der Waals surface area contributed by atoms with E-state index in [9.17, 15) is 4.79 Å². The van der Waals surface area contributed by atoms with Gasteiger partial charge in [0.15, 0.2) is 5.82 Å². The number of aromatic amines is 1. The van der Waals surface area contributed by atoms with Crippen molar-refractivity contribution in [2.75, 3.05) is 6.54 Å². The van der Waals surface area contributed by atoms with E-state index in [-0.39, 0.29) is 5.91 Å². The van der Waals surface area contributed by atoms with Crippen molar-refractivity contribution in [2.24, 2.45) is 0 Å². The average molecular weight is 493 g/mol. The lowest BCUT2D eigenvalue weighted by Gasteiger charge is -2.16. The number of carbonyl (C=O) groups excluding carboxylic acids is 1. The summed E-state index contributed by atoms with van der Waals surface area (Å²) in [4.78, 5) is 13.1. The molecule has 0 spiro atoms. The molecule has 2 heterocycles. The second-order valence-electron chi connectivity index (χ2n) is 8.72. The number of nitrogens with one attached hydrogen (secondary N) is 2. The van der Waals surface area contributed by atoms with Gasteiger partial charge in [-0.1, -0.05) is 66.7 Å². The van der Waals surface area contributed by atoms with Gasteiger partial charge in [0.1, 0.15) is 18.4 Å². The van der Waals surface area contributed by atoms with Crippen LogP contribution in [-0.4, -0.2) is 37.6 Å². The van der Waals surface area contributed by atoms with E-state index in [1.165, 1.54) is 5.56 Å². The lowest BCUT2D eigenvalue weighted by molar-refractivity contribution is -0.123. The Hall–Kier alpha value is -4.72. The number of aromatic nitrogens is 5. The molecule has 5 aromatic rings. The summed E-state index contributed by atoms with van der Waals surface area (Å²) in [5.41, 5.74) is 4.07. The molecule has 0 radical (unpaired) electrons. The summed E-state index contributed by atoms with van der Waals surface area (Å²) in [6, 6.07) is 25.6. The van der Waals surface area contributed by atoms with Crippen LogP contribution in [0.4, 0.5) is 0 Å². The number of amides is 1. The van der Waals surface area contributed by atoms with Gasteiger partial charge in [0.25, 0.3) is 0 Å². The fraction of sp³-hybridized carbons (Fsp3) is 0.172. The topological polar surface area (TPSA) is 97.7 Å². The van der Waals surface area contributed by atoms with Gasteiger partial charge in [0.2, 0.25) is 5.91 Å². The van der Waals surface area contributed by atoms with Crippen molar-refractivity contribution >= 4 is 29.0 Å². The van der Waals surface area contributed by atoms with Crippen LogP contribution in [-0.2, 0) is 17.8 Å². The van der Waals surface area contributed by atoms with E-state index in [1.807, 2.05) is 90.5 Å². The van der Waals surface area contributed by atoms with Crippen LogP contribution in [0.5, 0.6) is 5.75 Å². The van der Waals surface area contributed by atoms with Crippen molar-refractivity contribution < 1.29 is 9.53 Å². The first-order chi connectivity index (χ1) is 18.2. The third-order valence-corrected chi connectivity index (χ3v) is 6.21. The first-order valence-electron chi connectivity index (χ1n) is 12.2. The molecule has 0 aliphatic rings. The summed E-state index contributed by atoms with van der Waals surface area (Å²) in [6.45, 7) is 2.92. The molecule has 1 unspecified atom stereocenters. The number of nitrogens with zero attached hydrogens (tertiary/aromatic N) is 4. The highest BCUT2D eigenvalue weighted by atomic mass is 16.5. The number of ether oxygens (including phenoxy) is 1. The number of hydrogen-bond donors (Lipinski definition) is 2. The summed E-state index contributed by atoms with van der Waals surface area (Å²) in [7, 11) is 0. The number of rotatable bonds is 10. The monoisotopic (exact) mass is 492 g/mol. The normalized spacial score (nSPS) is 12.1. The van der Waals surface area contributed by atoms with Gasteiger partial charge in [0.05, 0.1) is 5.52 Å². The second-order valence-corrected chi connectivity index (χ2v) is 8.72. The Morgan fingerprint density at radius 1 is 1.00 bits per heavy atom. The van der Waals surface area contributed by atoms with Crippen molar-refractivity contribution in [3.05, 3.63) is 108 Å². The maximum absolute atomic E-state index is 13.1. The van der Waals surface area contributed by atoms with Crippen molar-refractivity contribution in [3.8, 4) is 5.75 Å². The quantitative estimate of drug-likeness (QED) is 0.291. The zero-order valence-corrected chi connectivity index (χ0v) is 20.5. The van der Waals surface area contributed by atoms with Gasteiger partial charge < -0.3 is 14.6 Å². The van der Waals surface area contributed by atoms with Crippen LogP contribution in [0.1, 0.15) is 35.5 Å². The van der Waals surface area contributed by atoms with E-state index >= 15 is 0 Å². The molecule has 0 aliphatic heterocycles. The van der Waals surface area contributed by atoms with Gasteiger partial charge in [-0.3, -0.25) is 4.79 Å². The Kier molecular flexibility index (Phi) is 7.36. The van der Waals surface area contributed by atoms with Crippen LogP contribution in [0.15, 0.2) is 85.1 Å². The Morgan fingerprint density at radius 2 is 1.76 bits per heavy atom. The highest BCUT2D eigenvalue weighted by Crippen LogP contribution is 2.34. The Bertz CT molecular complexity index is 1480. The van der Waals surface area contributed by atoms with Gasteiger partial charge in [0, 0.05) is 23.7 Å². The summed E-state index contributed by atoms with van der Waals surface area (Å²) in [5.74, 6) is 1.16. The standard InChI is InChI=1S/C29H28N6O2/c1-21(29(36)30-18-17-22-9-4-2-5-10-22)35-19-24(15-16-27-31-33-34-32-27)28-25(35)13-8-14-26(28)37-20-23-11-6-3-7-12-23/h2-16,19,21H,17-18,20H2,1H3,(H,30,36)(H,31,32,33,34). The van der Waals surface area contributed by atoms with Gasteiger partial charge in [-0.05, 0) is 54.0 Å². The number of carbonyl (C=O) groups is 1. The van der Waals surface area contributed by atoms with Crippen LogP contribution < -0.4 is 10.1 Å². The molecule has 8 nitrogen and oxygen atoms in total. The molecule has 0 bridgehead atoms. The third kappa shape index (κ3) is 5.75. The van der Waals surface area contributed by atoms with Crippen molar-refractivity contribution in [3.63, 3.8) is 0 Å². The number of tetrazole rings is 1. The molecule has 5 rings (SSSR count). The van der Waals surface area contributed by atoms with Crippen LogP contribution in [0.25, 0.3) is 23.1 Å². The van der Waals surface area contributed by atoms with Crippen LogP contribution >= 0.6 is 0 Å². The van der Waals surface area contributed by atoms with Crippen molar-refractivity contribution in [2.45, 2.75) is 26.0 Å². The molecular formula is C29H28N6O2. The van der Waals surface area contributed by atoms with Gasteiger partial charge in [-0.15, -0.1) is 10.2 Å². The Balaban J connectivity index is 1.42. The molecule has 3 aromatic carbocycles. The molecule has 2 N–H and O–H groups in total. The predicted molar refractivity (Wildman–Crippen MR) is 144 cm³/mol. The van der Waals surface area contributed by atoms with Crippen LogP contribution in [0, 0.1) is 0 Å². The summed E-state index contributed by atoms with van der Waals surface area (Å²) < 4.78 is 8.24. The maximum Gasteiger partial charge on any atom is 0.242 e. The average Bonchev–Trinajstić information content (AvgIpc) is 3.60. The minimum Gasteiger partial charge on any atom is -0.488 e. The zero-order chi connectivity index (χ0) is 25.5. The second kappa shape index (κ2) is 11.3. The number of benzene rings is 3. The highest BCUT2D eigenvalue weighted by molar-refractivity contribution is 5.97. The largest absolute Gasteiger partial charge is 0.488 e. The molecule has 0 saturated heterocycles. The minimum absolute atomic E-state index is 0.0443. The van der Waals surface area contributed by atoms with E-state index in [0.29, 0.717) is 19.0 Å². The molecular weight excluding hydrogens is 464 g/mol. The SMILES string of the molecule is CC(C(=O)NCCc1ccccc1)n1cc(C=Cc2nn[nH]n2)c2c(OCc3ccccc3)cccc21. The summed E-state index contributed by atoms with van der Waals surface area (Å²) in [6.07, 6.45) is 6.44. The van der Waals surface area contributed by atoms with E-state index in [2.05, 4.69) is 38.1 Å². The Labute approximate surface area is 215 Å². The van der Waals surface area contributed by atoms with Gasteiger partial charge >= 0.3 is 0 Å². The molecule has 2 aromatic heterocycles. The molecule has 1 atom stereocenters. The van der Waals surface area contributed by atoms with Crippen LogP contribution in [0.2, 0.25) is 0 Å².